The lowest BCUT2D eigenvalue weighted by atomic mass is 10.0. The van der Waals surface area contributed by atoms with Gasteiger partial charge in [-0.3, -0.25) is 14.6 Å². The van der Waals surface area contributed by atoms with Crippen molar-refractivity contribution in [3.8, 4) is 11.1 Å². The van der Waals surface area contributed by atoms with E-state index in [2.05, 4.69) is 20.8 Å². The summed E-state index contributed by atoms with van der Waals surface area (Å²) >= 11 is 0. The number of hydrogen-bond donors (Lipinski definition) is 2. The first-order valence-electron chi connectivity index (χ1n) is 8.81. The van der Waals surface area contributed by atoms with Crippen LogP contribution < -0.4 is 10.7 Å². The SMILES string of the molecule is CC(CC(=O)Nc1cccnc1)=NNC(=O)c1ccc(-c2ccccc2)cc1. The van der Waals surface area contributed by atoms with Crippen LogP contribution in [0.25, 0.3) is 11.1 Å². The van der Waals surface area contributed by atoms with E-state index in [-0.39, 0.29) is 18.2 Å². The lowest BCUT2D eigenvalue weighted by molar-refractivity contribution is -0.115. The van der Waals surface area contributed by atoms with Crippen LogP contribution in [0.3, 0.4) is 0 Å². The molecule has 0 aliphatic carbocycles. The molecule has 3 rings (SSSR count). The van der Waals surface area contributed by atoms with Crippen molar-refractivity contribution in [2.24, 2.45) is 5.10 Å². The minimum atomic E-state index is -0.327. The highest BCUT2D eigenvalue weighted by Gasteiger charge is 2.07. The van der Waals surface area contributed by atoms with Gasteiger partial charge in [0, 0.05) is 17.5 Å². The first-order valence-corrected chi connectivity index (χ1v) is 8.81. The molecule has 0 spiro atoms. The maximum Gasteiger partial charge on any atom is 0.271 e. The molecular weight excluding hydrogens is 352 g/mol. The molecule has 1 heterocycles. The highest BCUT2D eigenvalue weighted by atomic mass is 16.2. The normalized spacial score (nSPS) is 11.0. The molecule has 0 aliphatic heterocycles. The fourth-order valence-electron chi connectivity index (χ4n) is 2.57. The topological polar surface area (TPSA) is 83.4 Å². The second-order valence-corrected chi connectivity index (χ2v) is 6.20. The van der Waals surface area contributed by atoms with Gasteiger partial charge in [0.25, 0.3) is 5.91 Å². The molecule has 140 valence electrons. The highest BCUT2D eigenvalue weighted by Crippen LogP contribution is 2.19. The predicted octanol–water partition coefficient (Wildman–Crippen LogP) is 3.88. The van der Waals surface area contributed by atoms with Gasteiger partial charge < -0.3 is 5.32 Å². The molecule has 0 saturated heterocycles. The number of aromatic nitrogens is 1. The molecule has 6 nitrogen and oxygen atoms in total. The van der Waals surface area contributed by atoms with E-state index in [0.717, 1.165) is 11.1 Å². The Morgan fingerprint density at radius 2 is 1.64 bits per heavy atom. The summed E-state index contributed by atoms with van der Waals surface area (Å²) in [5.74, 6) is -0.553. The van der Waals surface area contributed by atoms with Gasteiger partial charge in [-0.15, -0.1) is 0 Å². The maximum absolute atomic E-state index is 12.2. The zero-order valence-electron chi connectivity index (χ0n) is 15.4. The Morgan fingerprint density at radius 1 is 0.929 bits per heavy atom. The summed E-state index contributed by atoms with van der Waals surface area (Å²) in [4.78, 5) is 28.2. The summed E-state index contributed by atoms with van der Waals surface area (Å²) in [6.07, 6.45) is 3.26. The van der Waals surface area contributed by atoms with E-state index >= 15 is 0 Å². The summed E-state index contributed by atoms with van der Waals surface area (Å²) in [7, 11) is 0. The number of carbonyl (C=O) groups excluding carboxylic acids is 2. The number of pyridine rings is 1. The van der Waals surface area contributed by atoms with Crippen LogP contribution in [0.5, 0.6) is 0 Å². The summed E-state index contributed by atoms with van der Waals surface area (Å²) in [6, 6.07) is 20.7. The van der Waals surface area contributed by atoms with Crippen LogP contribution in [-0.2, 0) is 4.79 Å². The number of nitrogens with one attached hydrogen (secondary N) is 2. The summed E-state index contributed by atoms with van der Waals surface area (Å²) in [5.41, 5.74) is 6.21. The number of benzene rings is 2. The average molecular weight is 372 g/mol. The van der Waals surface area contributed by atoms with Crippen LogP contribution in [0.2, 0.25) is 0 Å². The number of nitrogens with zero attached hydrogens (tertiary/aromatic N) is 2. The number of anilines is 1. The zero-order chi connectivity index (χ0) is 19.8. The van der Waals surface area contributed by atoms with Crippen LogP contribution in [-0.4, -0.2) is 22.5 Å². The van der Waals surface area contributed by atoms with Crippen molar-refractivity contribution in [2.75, 3.05) is 5.32 Å². The largest absolute Gasteiger partial charge is 0.324 e. The molecule has 1 aromatic heterocycles. The van der Waals surface area contributed by atoms with Crippen molar-refractivity contribution >= 4 is 23.2 Å². The third kappa shape index (κ3) is 5.35. The van der Waals surface area contributed by atoms with E-state index in [9.17, 15) is 9.59 Å². The molecule has 0 bridgehead atoms. The number of carbonyl (C=O) groups is 2. The van der Waals surface area contributed by atoms with Crippen LogP contribution >= 0.6 is 0 Å². The molecule has 2 aromatic carbocycles. The molecule has 0 aliphatic rings. The van der Waals surface area contributed by atoms with Crippen molar-refractivity contribution in [2.45, 2.75) is 13.3 Å². The molecule has 0 fully saturated rings. The summed E-state index contributed by atoms with van der Waals surface area (Å²) in [6.45, 7) is 1.68. The predicted molar refractivity (Wildman–Crippen MR) is 110 cm³/mol. The van der Waals surface area contributed by atoms with Gasteiger partial charge in [0.1, 0.15) is 0 Å². The fourth-order valence-corrected chi connectivity index (χ4v) is 2.57. The van der Waals surface area contributed by atoms with Crippen molar-refractivity contribution in [1.82, 2.24) is 10.4 Å². The van der Waals surface area contributed by atoms with Crippen LogP contribution in [0.4, 0.5) is 5.69 Å². The van der Waals surface area contributed by atoms with Gasteiger partial charge in [-0.1, -0.05) is 42.5 Å². The molecule has 2 N–H and O–H groups in total. The minimum absolute atomic E-state index is 0.0715. The standard InChI is InChI=1S/C22H20N4O2/c1-16(14-21(27)24-20-8-5-13-23-15-20)25-26-22(28)19-11-9-18(10-12-19)17-6-3-2-4-7-17/h2-13,15H,14H2,1H3,(H,24,27)(H,26,28). The van der Waals surface area contributed by atoms with Gasteiger partial charge in [-0.05, 0) is 42.3 Å². The first-order chi connectivity index (χ1) is 13.6. The maximum atomic E-state index is 12.2. The Bertz CT molecular complexity index is 968. The second-order valence-electron chi connectivity index (χ2n) is 6.20. The molecule has 28 heavy (non-hydrogen) atoms. The van der Waals surface area contributed by atoms with Crippen molar-refractivity contribution in [3.63, 3.8) is 0 Å². The highest BCUT2D eigenvalue weighted by molar-refractivity contribution is 6.06. The van der Waals surface area contributed by atoms with E-state index in [1.165, 1.54) is 0 Å². The molecule has 0 saturated carbocycles. The Hall–Kier alpha value is -3.80. The monoisotopic (exact) mass is 372 g/mol. The second kappa shape index (κ2) is 9.23. The molecule has 2 amide bonds. The lowest BCUT2D eigenvalue weighted by Gasteiger charge is -2.06. The quantitative estimate of drug-likeness (QED) is 0.509. The van der Waals surface area contributed by atoms with Crippen LogP contribution in [0.1, 0.15) is 23.7 Å². The third-order valence-corrected chi connectivity index (χ3v) is 3.96. The van der Waals surface area contributed by atoms with Gasteiger partial charge >= 0.3 is 0 Å². The third-order valence-electron chi connectivity index (χ3n) is 3.96. The smallest absolute Gasteiger partial charge is 0.271 e. The summed E-state index contributed by atoms with van der Waals surface area (Å²) in [5, 5.41) is 6.72. The number of hydrogen-bond acceptors (Lipinski definition) is 4. The van der Waals surface area contributed by atoms with Gasteiger partial charge in [-0.2, -0.15) is 5.10 Å². The van der Waals surface area contributed by atoms with E-state index < -0.39 is 0 Å². The average Bonchev–Trinajstić information content (AvgIpc) is 2.73. The fraction of sp³-hybridized carbons (Fsp3) is 0.0909. The van der Waals surface area contributed by atoms with Crippen LogP contribution in [0.15, 0.2) is 84.2 Å². The Kier molecular flexibility index (Phi) is 6.25. The van der Waals surface area contributed by atoms with Gasteiger partial charge in [0.05, 0.1) is 18.3 Å². The first kappa shape index (κ1) is 19.0. The summed E-state index contributed by atoms with van der Waals surface area (Å²) < 4.78 is 0. The Morgan fingerprint density at radius 3 is 2.32 bits per heavy atom. The van der Waals surface area contributed by atoms with E-state index in [0.29, 0.717) is 17.0 Å². The molecule has 0 unspecified atom stereocenters. The number of hydrazone groups is 1. The van der Waals surface area contributed by atoms with Crippen molar-refractivity contribution in [3.05, 3.63) is 84.7 Å². The van der Waals surface area contributed by atoms with Gasteiger partial charge in [0.15, 0.2) is 0 Å². The van der Waals surface area contributed by atoms with Gasteiger partial charge in [0.2, 0.25) is 5.91 Å². The number of amides is 2. The van der Waals surface area contributed by atoms with E-state index in [4.69, 9.17) is 0 Å². The number of rotatable bonds is 6. The zero-order valence-corrected chi connectivity index (χ0v) is 15.4. The lowest BCUT2D eigenvalue weighted by Crippen LogP contribution is -2.21. The van der Waals surface area contributed by atoms with Crippen molar-refractivity contribution in [1.29, 1.82) is 0 Å². The van der Waals surface area contributed by atoms with E-state index in [1.54, 1.807) is 43.6 Å². The van der Waals surface area contributed by atoms with Gasteiger partial charge in [-0.25, -0.2) is 5.43 Å². The Labute approximate surface area is 163 Å². The molecular formula is C22H20N4O2. The minimum Gasteiger partial charge on any atom is -0.324 e. The molecule has 3 aromatic rings. The van der Waals surface area contributed by atoms with Crippen LogP contribution in [0, 0.1) is 0 Å². The molecule has 0 atom stereocenters. The molecule has 6 heteroatoms. The van der Waals surface area contributed by atoms with Crippen molar-refractivity contribution < 1.29 is 9.59 Å². The molecule has 0 radical (unpaired) electrons. The Balaban J connectivity index is 1.54. The van der Waals surface area contributed by atoms with E-state index in [1.807, 2.05) is 42.5 Å².